The molecule has 0 saturated heterocycles. The van der Waals surface area contributed by atoms with Gasteiger partial charge >= 0.3 is 0 Å². The summed E-state index contributed by atoms with van der Waals surface area (Å²) in [5, 5.41) is 0.649. The highest BCUT2D eigenvalue weighted by molar-refractivity contribution is 6.29. The first-order chi connectivity index (χ1) is 7.11. The highest BCUT2D eigenvalue weighted by Gasteiger charge is 2.16. The van der Waals surface area contributed by atoms with Gasteiger partial charge in [-0.3, -0.25) is 4.40 Å². The lowest BCUT2D eigenvalue weighted by molar-refractivity contribution is 0.500. The topological polar surface area (TPSA) is 43.3 Å². The van der Waals surface area contributed by atoms with Gasteiger partial charge in [-0.05, 0) is 18.1 Å². The zero-order valence-corrected chi connectivity index (χ0v) is 9.57. The molecule has 1 unspecified atom stereocenters. The molecule has 0 amide bonds. The van der Waals surface area contributed by atoms with E-state index in [0.717, 1.165) is 11.3 Å². The van der Waals surface area contributed by atoms with Crippen LogP contribution >= 0.6 is 11.6 Å². The van der Waals surface area contributed by atoms with Gasteiger partial charge < -0.3 is 5.73 Å². The number of nitrogens with zero attached hydrogens (tertiary/aromatic N) is 2. The average molecular weight is 224 g/mol. The fourth-order valence-corrected chi connectivity index (χ4v) is 1.85. The molecule has 2 rings (SSSR count). The molecular formula is C11H14ClN3. The predicted octanol–water partition coefficient (Wildman–Crippen LogP) is 2.64. The first-order valence-corrected chi connectivity index (χ1v) is 5.36. The summed E-state index contributed by atoms with van der Waals surface area (Å²) in [6.07, 6.45) is 1.80. The summed E-state index contributed by atoms with van der Waals surface area (Å²) >= 11 is 6.12. The molecule has 2 aromatic heterocycles. The predicted molar refractivity (Wildman–Crippen MR) is 62.0 cm³/mol. The van der Waals surface area contributed by atoms with Gasteiger partial charge in [0.1, 0.15) is 10.8 Å². The SMILES string of the molecule is CC(C)C(N)c1cnc2cccc(Cl)n12. The molecule has 0 fully saturated rings. The molecule has 3 nitrogen and oxygen atoms in total. The van der Waals surface area contributed by atoms with Gasteiger partial charge in [-0.1, -0.05) is 31.5 Å². The number of hydrogen-bond donors (Lipinski definition) is 1. The summed E-state index contributed by atoms with van der Waals surface area (Å²) in [5.41, 5.74) is 7.90. The van der Waals surface area contributed by atoms with E-state index in [1.165, 1.54) is 0 Å². The monoisotopic (exact) mass is 223 g/mol. The molecule has 2 aromatic rings. The lowest BCUT2D eigenvalue weighted by Crippen LogP contribution is -2.18. The van der Waals surface area contributed by atoms with Gasteiger partial charge in [0.15, 0.2) is 0 Å². The maximum absolute atomic E-state index is 6.12. The Labute approximate surface area is 93.9 Å². The largest absolute Gasteiger partial charge is 0.322 e. The second kappa shape index (κ2) is 3.83. The van der Waals surface area contributed by atoms with E-state index in [9.17, 15) is 0 Å². The molecule has 1 atom stereocenters. The number of halogens is 1. The van der Waals surface area contributed by atoms with Crippen molar-refractivity contribution in [1.29, 1.82) is 0 Å². The van der Waals surface area contributed by atoms with E-state index in [4.69, 9.17) is 17.3 Å². The minimum Gasteiger partial charge on any atom is -0.322 e. The third kappa shape index (κ3) is 1.73. The van der Waals surface area contributed by atoms with E-state index < -0.39 is 0 Å². The van der Waals surface area contributed by atoms with Gasteiger partial charge in [0, 0.05) is 6.04 Å². The van der Waals surface area contributed by atoms with Crippen LogP contribution in [0.2, 0.25) is 5.15 Å². The normalized spacial score (nSPS) is 13.7. The molecule has 0 aliphatic carbocycles. The van der Waals surface area contributed by atoms with Crippen LogP contribution in [0.4, 0.5) is 0 Å². The van der Waals surface area contributed by atoms with Crippen LogP contribution in [0.1, 0.15) is 25.6 Å². The summed E-state index contributed by atoms with van der Waals surface area (Å²) < 4.78 is 1.90. The Morgan fingerprint density at radius 3 is 2.80 bits per heavy atom. The number of rotatable bonds is 2. The third-order valence-electron chi connectivity index (χ3n) is 2.57. The molecule has 0 aliphatic rings. The Morgan fingerprint density at radius 2 is 2.13 bits per heavy atom. The number of hydrogen-bond acceptors (Lipinski definition) is 2. The summed E-state index contributed by atoms with van der Waals surface area (Å²) in [7, 11) is 0. The average Bonchev–Trinajstić information content (AvgIpc) is 2.61. The van der Waals surface area contributed by atoms with E-state index in [1.807, 2.05) is 22.6 Å². The zero-order valence-electron chi connectivity index (χ0n) is 8.81. The van der Waals surface area contributed by atoms with Gasteiger partial charge in [0.25, 0.3) is 0 Å². The highest BCUT2D eigenvalue weighted by atomic mass is 35.5. The van der Waals surface area contributed by atoms with Gasteiger partial charge in [-0.2, -0.15) is 0 Å². The summed E-state index contributed by atoms with van der Waals surface area (Å²) in [4.78, 5) is 4.28. The number of nitrogens with two attached hydrogens (primary N) is 1. The molecule has 0 radical (unpaired) electrons. The maximum atomic E-state index is 6.12. The maximum Gasteiger partial charge on any atom is 0.138 e. The van der Waals surface area contributed by atoms with E-state index in [2.05, 4.69) is 18.8 Å². The molecule has 80 valence electrons. The quantitative estimate of drug-likeness (QED) is 0.796. The van der Waals surface area contributed by atoms with E-state index in [1.54, 1.807) is 6.20 Å². The molecule has 0 bridgehead atoms. The van der Waals surface area contributed by atoms with Crippen LogP contribution in [-0.4, -0.2) is 9.38 Å². The third-order valence-corrected chi connectivity index (χ3v) is 2.86. The Kier molecular flexibility index (Phi) is 2.67. The van der Waals surface area contributed by atoms with Crippen molar-refractivity contribution in [3.63, 3.8) is 0 Å². The van der Waals surface area contributed by atoms with Crippen molar-refractivity contribution >= 4 is 17.2 Å². The van der Waals surface area contributed by atoms with Crippen molar-refractivity contribution in [3.8, 4) is 0 Å². The van der Waals surface area contributed by atoms with E-state index >= 15 is 0 Å². The second-order valence-corrected chi connectivity index (χ2v) is 4.38. The molecule has 2 heterocycles. The van der Waals surface area contributed by atoms with Gasteiger partial charge in [-0.15, -0.1) is 0 Å². The number of imidazole rings is 1. The van der Waals surface area contributed by atoms with Crippen LogP contribution in [-0.2, 0) is 0 Å². The van der Waals surface area contributed by atoms with E-state index in [0.29, 0.717) is 11.1 Å². The lowest BCUT2D eigenvalue weighted by atomic mass is 10.0. The van der Waals surface area contributed by atoms with Crippen LogP contribution < -0.4 is 5.73 Å². The fourth-order valence-electron chi connectivity index (χ4n) is 1.60. The molecular weight excluding hydrogens is 210 g/mol. The first-order valence-electron chi connectivity index (χ1n) is 4.98. The molecule has 0 aromatic carbocycles. The minimum atomic E-state index is -0.0418. The Bertz CT molecular complexity index is 476. The summed E-state index contributed by atoms with van der Waals surface area (Å²) in [5.74, 6) is 0.362. The Balaban J connectivity index is 2.62. The molecule has 4 heteroatoms. The Morgan fingerprint density at radius 1 is 1.40 bits per heavy atom. The number of fused-ring (bicyclic) bond motifs is 1. The van der Waals surface area contributed by atoms with Crippen molar-refractivity contribution in [2.75, 3.05) is 0 Å². The Hall–Kier alpha value is -1.06. The smallest absolute Gasteiger partial charge is 0.138 e. The van der Waals surface area contributed by atoms with Crippen molar-refractivity contribution in [2.45, 2.75) is 19.9 Å². The highest BCUT2D eigenvalue weighted by Crippen LogP contribution is 2.23. The van der Waals surface area contributed by atoms with E-state index in [-0.39, 0.29) is 6.04 Å². The second-order valence-electron chi connectivity index (χ2n) is 3.99. The van der Waals surface area contributed by atoms with Gasteiger partial charge in [0.05, 0.1) is 11.9 Å². The van der Waals surface area contributed by atoms with Gasteiger partial charge in [-0.25, -0.2) is 4.98 Å². The van der Waals surface area contributed by atoms with Crippen LogP contribution in [0.15, 0.2) is 24.4 Å². The number of pyridine rings is 1. The van der Waals surface area contributed by atoms with Crippen molar-refractivity contribution in [2.24, 2.45) is 11.7 Å². The summed E-state index contributed by atoms with van der Waals surface area (Å²) in [6.45, 7) is 4.17. The number of aromatic nitrogens is 2. The summed E-state index contributed by atoms with van der Waals surface area (Å²) in [6, 6.07) is 5.60. The minimum absolute atomic E-state index is 0.0418. The fraction of sp³-hybridized carbons (Fsp3) is 0.364. The van der Waals surface area contributed by atoms with Crippen LogP contribution in [0.3, 0.4) is 0 Å². The molecule has 15 heavy (non-hydrogen) atoms. The molecule has 0 spiro atoms. The van der Waals surface area contributed by atoms with Crippen molar-refractivity contribution in [3.05, 3.63) is 35.2 Å². The molecule has 0 saturated carbocycles. The van der Waals surface area contributed by atoms with Gasteiger partial charge in [0.2, 0.25) is 0 Å². The van der Waals surface area contributed by atoms with Crippen molar-refractivity contribution in [1.82, 2.24) is 9.38 Å². The molecule has 2 N–H and O–H groups in total. The molecule has 0 aliphatic heterocycles. The first kappa shape index (κ1) is 10.5. The van der Waals surface area contributed by atoms with Crippen LogP contribution in [0.5, 0.6) is 0 Å². The zero-order chi connectivity index (χ0) is 11.0. The van der Waals surface area contributed by atoms with Crippen LogP contribution in [0, 0.1) is 5.92 Å². The van der Waals surface area contributed by atoms with Crippen LogP contribution in [0.25, 0.3) is 5.65 Å². The lowest BCUT2D eigenvalue weighted by Gasteiger charge is -2.15. The standard InChI is InChI=1S/C11H14ClN3/c1-7(2)11(13)8-6-14-10-5-3-4-9(12)15(8)10/h3-7,11H,13H2,1-2H3. The van der Waals surface area contributed by atoms with Crippen molar-refractivity contribution < 1.29 is 0 Å².